The van der Waals surface area contributed by atoms with Crippen LogP contribution in [0.1, 0.15) is 16.7 Å². The molecule has 2 aromatic carbocycles. The first-order valence-corrected chi connectivity index (χ1v) is 11.7. The fourth-order valence-electron chi connectivity index (χ4n) is 4.21. The van der Waals surface area contributed by atoms with E-state index in [1.807, 2.05) is 18.3 Å². The Labute approximate surface area is 205 Å². The molecule has 35 heavy (non-hydrogen) atoms. The fourth-order valence-corrected chi connectivity index (χ4v) is 4.44. The van der Waals surface area contributed by atoms with E-state index in [-0.39, 0.29) is 22.9 Å². The summed E-state index contributed by atoms with van der Waals surface area (Å²) in [6.07, 6.45) is 3.63. The lowest BCUT2D eigenvalue weighted by Gasteiger charge is -2.26. The molecule has 0 atom stereocenters. The summed E-state index contributed by atoms with van der Waals surface area (Å²) in [6, 6.07) is 10.9. The number of nitrogens with one attached hydrogen (secondary N) is 1. The molecule has 0 spiro atoms. The van der Waals surface area contributed by atoms with Gasteiger partial charge < -0.3 is 19.0 Å². The number of H-pyrrole nitrogens is 1. The summed E-state index contributed by atoms with van der Waals surface area (Å²) in [4.78, 5) is 18.5. The van der Waals surface area contributed by atoms with Crippen LogP contribution in [0.2, 0.25) is 5.02 Å². The number of hydrogen-bond donors (Lipinski definition) is 1. The summed E-state index contributed by atoms with van der Waals surface area (Å²) in [5.41, 5.74) is 2.95. The zero-order valence-corrected chi connectivity index (χ0v) is 19.7. The molecule has 0 radical (unpaired) electrons. The molecule has 0 saturated carbocycles. The molecule has 9 heteroatoms. The quantitative estimate of drug-likeness (QED) is 0.400. The van der Waals surface area contributed by atoms with Crippen molar-refractivity contribution in [3.8, 4) is 5.75 Å². The largest absolute Gasteiger partial charge is 0.487 e. The molecule has 0 aliphatic carbocycles. The zero-order chi connectivity index (χ0) is 24.4. The van der Waals surface area contributed by atoms with Gasteiger partial charge in [-0.25, -0.2) is 8.78 Å². The minimum atomic E-state index is -0.720. The van der Waals surface area contributed by atoms with Crippen LogP contribution in [-0.2, 0) is 24.4 Å². The average Bonchev–Trinajstić information content (AvgIpc) is 3.25. The Morgan fingerprint density at radius 3 is 2.66 bits per heavy atom. The van der Waals surface area contributed by atoms with E-state index in [4.69, 9.17) is 21.1 Å². The number of aromatic amines is 1. The molecule has 0 amide bonds. The molecule has 1 fully saturated rings. The minimum Gasteiger partial charge on any atom is -0.487 e. The molecule has 182 valence electrons. The van der Waals surface area contributed by atoms with E-state index in [1.165, 1.54) is 16.2 Å². The van der Waals surface area contributed by atoms with Gasteiger partial charge in [0.15, 0.2) is 0 Å². The highest BCUT2D eigenvalue weighted by atomic mass is 35.5. The van der Waals surface area contributed by atoms with E-state index < -0.39 is 17.2 Å². The molecular formula is C26H24ClF2N3O3. The monoisotopic (exact) mass is 499 g/mol. The standard InChI is InChI=1S/C26H24ClF2N3O3/c27-25-24(35-16-18-2-3-20(28)12-22(18)29)5-6-32(26(25)33)14-17-1-4-23-21(11-17)19(13-30-23)15-31-7-9-34-10-8-31/h1-6,11-13,30H,7-10,14-16H2. The van der Waals surface area contributed by atoms with Gasteiger partial charge in [0.2, 0.25) is 0 Å². The number of fused-ring (bicyclic) bond motifs is 1. The van der Waals surface area contributed by atoms with Crippen LogP contribution < -0.4 is 10.3 Å². The molecule has 2 aromatic heterocycles. The highest BCUT2D eigenvalue weighted by Gasteiger charge is 2.15. The highest BCUT2D eigenvalue weighted by Crippen LogP contribution is 2.24. The second kappa shape index (κ2) is 10.2. The minimum absolute atomic E-state index is 0.0919. The normalized spacial score (nSPS) is 14.5. The molecule has 3 heterocycles. The molecule has 1 saturated heterocycles. The first-order valence-electron chi connectivity index (χ1n) is 11.3. The Morgan fingerprint density at radius 2 is 1.86 bits per heavy atom. The van der Waals surface area contributed by atoms with Crippen molar-refractivity contribution in [1.29, 1.82) is 0 Å². The molecule has 6 nitrogen and oxygen atoms in total. The van der Waals surface area contributed by atoms with E-state index in [0.29, 0.717) is 6.54 Å². The first-order chi connectivity index (χ1) is 17.0. The second-order valence-electron chi connectivity index (χ2n) is 8.53. The Balaban J connectivity index is 1.32. The molecule has 1 N–H and O–H groups in total. The Morgan fingerprint density at radius 1 is 1.03 bits per heavy atom. The summed E-state index contributed by atoms with van der Waals surface area (Å²) in [5.74, 6) is -1.24. The van der Waals surface area contributed by atoms with Crippen molar-refractivity contribution in [3.05, 3.63) is 98.6 Å². The lowest BCUT2D eigenvalue weighted by Crippen LogP contribution is -2.35. The van der Waals surface area contributed by atoms with Crippen molar-refractivity contribution in [2.75, 3.05) is 26.3 Å². The van der Waals surface area contributed by atoms with Gasteiger partial charge in [0.05, 0.1) is 19.8 Å². The lowest BCUT2D eigenvalue weighted by molar-refractivity contribution is 0.0343. The lowest BCUT2D eigenvalue weighted by atomic mass is 10.1. The van der Waals surface area contributed by atoms with Gasteiger partial charge in [-0.3, -0.25) is 9.69 Å². The van der Waals surface area contributed by atoms with Crippen LogP contribution in [0, 0.1) is 11.6 Å². The molecular weight excluding hydrogens is 476 g/mol. The number of nitrogens with zero attached hydrogens (tertiary/aromatic N) is 2. The van der Waals surface area contributed by atoms with Crippen molar-refractivity contribution >= 4 is 22.5 Å². The third-order valence-electron chi connectivity index (χ3n) is 6.15. The van der Waals surface area contributed by atoms with E-state index in [1.54, 1.807) is 12.3 Å². The number of benzene rings is 2. The van der Waals surface area contributed by atoms with Crippen LogP contribution in [0.4, 0.5) is 8.78 Å². The number of halogens is 3. The maximum Gasteiger partial charge on any atom is 0.273 e. The van der Waals surface area contributed by atoms with Crippen molar-refractivity contribution in [3.63, 3.8) is 0 Å². The summed E-state index contributed by atoms with van der Waals surface area (Å²) in [6.45, 7) is 4.30. The van der Waals surface area contributed by atoms with Gasteiger partial charge in [-0.05, 0) is 41.5 Å². The van der Waals surface area contributed by atoms with Gasteiger partial charge in [0, 0.05) is 54.6 Å². The Bertz CT molecular complexity index is 1410. The Hall–Kier alpha value is -3.20. The van der Waals surface area contributed by atoms with E-state index in [2.05, 4.69) is 16.0 Å². The van der Waals surface area contributed by atoms with Crippen LogP contribution in [0.5, 0.6) is 5.75 Å². The van der Waals surface area contributed by atoms with Gasteiger partial charge in [-0.15, -0.1) is 0 Å². The number of morpholine rings is 1. The zero-order valence-electron chi connectivity index (χ0n) is 18.9. The SMILES string of the molecule is O=c1c(Cl)c(OCc2ccc(F)cc2F)ccn1Cc1ccc2[nH]cc(CN3CCOCC3)c2c1. The molecule has 1 aliphatic rings. The van der Waals surface area contributed by atoms with Gasteiger partial charge in [-0.1, -0.05) is 17.7 Å². The predicted molar refractivity (Wildman–Crippen MR) is 130 cm³/mol. The first kappa shape index (κ1) is 23.5. The number of pyridine rings is 1. The smallest absolute Gasteiger partial charge is 0.273 e. The van der Waals surface area contributed by atoms with Gasteiger partial charge >= 0.3 is 0 Å². The number of ether oxygens (including phenoxy) is 2. The van der Waals surface area contributed by atoms with E-state index in [9.17, 15) is 13.6 Å². The molecule has 1 aliphatic heterocycles. The van der Waals surface area contributed by atoms with Crippen molar-refractivity contribution in [2.45, 2.75) is 19.7 Å². The fraction of sp³-hybridized carbons (Fsp3) is 0.269. The highest BCUT2D eigenvalue weighted by molar-refractivity contribution is 6.31. The summed E-state index contributed by atoms with van der Waals surface area (Å²) >= 11 is 6.27. The van der Waals surface area contributed by atoms with E-state index in [0.717, 1.165) is 61.4 Å². The maximum atomic E-state index is 13.9. The summed E-state index contributed by atoms with van der Waals surface area (Å²) in [7, 11) is 0. The summed E-state index contributed by atoms with van der Waals surface area (Å²) in [5, 5.41) is 1.03. The number of aromatic nitrogens is 2. The van der Waals surface area contributed by atoms with Crippen LogP contribution in [0.3, 0.4) is 0 Å². The Kier molecular flexibility index (Phi) is 6.86. The van der Waals surface area contributed by atoms with Gasteiger partial charge in [0.25, 0.3) is 5.56 Å². The molecule has 0 bridgehead atoms. The molecule has 5 rings (SSSR count). The third kappa shape index (κ3) is 5.24. The molecule has 0 unspecified atom stereocenters. The van der Waals surface area contributed by atoms with Gasteiger partial charge in [0.1, 0.15) is 29.0 Å². The third-order valence-corrected chi connectivity index (χ3v) is 6.50. The van der Waals surface area contributed by atoms with Crippen LogP contribution >= 0.6 is 11.6 Å². The second-order valence-corrected chi connectivity index (χ2v) is 8.91. The van der Waals surface area contributed by atoms with Crippen molar-refractivity contribution in [2.24, 2.45) is 0 Å². The predicted octanol–water partition coefficient (Wildman–Crippen LogP) is 4.72. The van der Waals surface area contributed by atoms with Crippen LogP contribution in [0.15, 0.2) is 59.7 Å². The van der Waals surface area contributed by atoms with E-state index >= 15 is 0 Å². The average molecular weight is 500 g/mol. The van der Waals surface area contributed by atoms with Crippen molar-refractivity contribution in [1.82, 2.24) is 14.5 Å². The molecule has 4 aromatic rings. The topological polar surface area (TPSA) is 59.5 Å². The number of hydrogen-bond acceptors (Lipinski definition) is 4. The summed E-state index contributed by atoms with van der Waals surface area (Å²) < 4.78 is 39.4. The van der Waals surface area contributed by atoms with Gasteiger partial charge in [-0.2, -0.15) is 0 Å². The maximum absolute atomic E-state index is 13.9. The van der Waals surface area contributed by atoms with Crippen LogP contribution in [-0.4, -0.2) is 40.8 Å². The number of rotatable bonds is 7. The van der Waals surface area contributed by atoms with Crippen molar-refractivity contribution < 1.29 is 18.3 Å². The van der Waals surface area contributed by atoms with Crippen LogP contribution in [0.25, 0.3) is 10.9 Å².